The van der Waals surface area contributed by atoms with Crippen molar-refractivity contribution in [3.8, 4) is 11.1 Å². The zero-order valence-corrected chi connectivity index (χ0v) is 19.0. The summed E-state index contributed by atoms with van der Waals surface area (Å²) in [6.45, 7) is 8.87. The van der Waals surface area contributed by atoms with Crippen LogP contribution in [0.2, 0.25) is 0 Å². The van der Waals surface area contributed by atoms with Crippen LogP contribution in [0, 0.1) is 6.92 Å². The van der Waals surface area contributed by atoms with Gasteiger partial charge in [-0.3, -0.25) is 14.7 Å². The summed E-state index contributed by atoms with van der Waals surface area (Å²) in [5, 5.41) is 1.25. The van der Waals surface area contributed by atoms with Crippen molar-refractivity contribution in [3.05, 3.63) is 54.0 Å². The van der Waals surface area contributed by atoms with Crippen LogP contribution in [0.5, 0.6) is 0 Å². The molecule has 0 bridgehead atoms. The number of carbonyl (C=O) groups excluding carboxylic acids is 1. The molecule has 2 fully saturated rings. The zero-order chi connectivity index (χ0) is 22.1. The van der Waals surface area contributed by atoms with Crippen molar-refractivity contribution in [2.75, 3.05) is 39.4 Å². The summed E-state index contributed by atoms with van der Waals surface area (Å²) >= 11 is 0. The summed E-state index contributed by atoms with van der Waals surface area (Å²) in [5.74, 6) is 0.537. The van der Waals surface area contributed by atoms with Gasteiger partial charge in [0.25, 0.3) is 0 Å². The molecule has 3 aromatic rings. The Labute approximate surface area is 189 Å². The molecule has 0 aliphatic carbocycles. The fraction of sp³-hybridized carbons (Fsp3) is 0.462. The van der Waals surface area contributed by atoms with E-state index in [1.807, 2.05) is 19.3 Å². The molecule has 2 aliphatic rings. The second-order valence-electron chi connectivity index (χ2n) is 9.15. The van der Waals surface area contributed by atoms with Crippen molar-refractivity contribution in [1.82, 2.24) is 19.8 Å². The predicted octanol–water partition coefficient (Wildman–Crippen LogP) is 3.97. The first-order valence-electron chi connectivity index (χ1n) is 11.7. The third-order valence-corrected chi connectivity index (χ3v) is 7.04. The molecule has 2 aromatic heterocycles. The number of aryl methyl sites for hydroxylation is 1. The highest BCUT2D eigenvalue weighted by Gasteiger charge is 2.32. The van der Waals surface area contributed by atoms with Crippen molar-refractivity contribution in [2.24, 2.45) is 0 Å². The lowest BCUT2D eigenvalue weighted by Crippen LogP contribution is -2.52. The number of fused-ring (bicyclic) bond motifs is 1. The minimum absolute atomic E-state index is 0.0947. The molecule has 2 saturated heterocycles. The number of hydrogen-bond acceptors (Lipinski definition) is 4. The lowest BCUT2D eigenvalue weighted by Gasteiger charge is -2.38. The molecule has 0 spiro atoms. The molecule has 6 heteroatoms. The number of piperidine rings is 1. The summed E-state index contributed by atoms with van der Waals surface area (Å²) in [5.41, 5.74) is 6.08. The van der Waals surface area contributed by atoms with Gasteiger partial charge in [0.1, 0.15) is 0 Å². The summed E-state index contributed by atoms with van der Waals surface area (Å²) in [4.78, 5) is 25.7. The SMILES string of the molecule is Cc1ccc2[nH]c([C@H]3CCCN(C(=O)[C@H](C)N4CCOCC4)C3)c(-c3ccncc3)c2c1. The number of likely N-dealkylation sites (tertiary alicyclic amines) is 1. The summed E-state index contributed by atoms with van der Waals surface area (Å²) in [7, 11) is 0. The topological polar surface area (TPSA) is 61.5 Å². The van der Waals surface area contributed by atoms with Crippen LogP contribution >= 0.6 is 0 Å². The molecule has 168 valence electrons. The molecule has 2 atom stereocenters. The minimum Gasteiger partial charge on any atom is -0.379 e. The van der Waals surface area contributed by atoms with Crippen LogP contribution in [0.3, 0.4) is 0 Å². The van der Waals surface area contributed by atoms with E-state index in [-0.39, 0.29) is 11.9 Å². The monoisotopic (exact) mass is 432 g/mol. The van der Waals surface area contributed by atoms with Crippen molar-refractivity contribution in [1.29, 1.82) is 0 Å². The van der Waals surface area contributed by atoms with E-state index in [0.717, 1.165) is 44.5 Å². The van der Waals surface area contributed by atoms with Crippen LogP contribution in [-0.4, -0.2) is 71.1 Å². The average molecular weight is 433 g/mol. The first-order chi connectivity index (χ1) is 15.6. The number of ether oxygens (including phenoxy) is 1. The third kappa shape index (κ3) is 4.05. The average Bonchev–Trinajstić information content (AvgIpc) is 3.23. The number of pyridine rings is 1. The van der Waals surface area contributed by atoms with Gasteiger partial charge in [0.15, 0.2) is 0 Å². The van der Waals surface area contributed by atoms with Crippen LogP contribution in [0.4, 0.5) is 0 Å². The Balaban J connectivity index is 1.45. The number of morpholine rings is 1. The first-order valence-corrected chi connectivity index (χ1v) is 11.7. The number of hydrogen-bond donors (Lipinski definition) is 1. The van der Waals surface area contributed by atoms with E-state index in [1.165, 1.54) is 27.8 Å². The molecule has 1 amide bonds. The van der Waals surface area contributed by atoms with Crippen molar-refractivity contribution in [3.63, 3.8) is 0 Å². The smallest absolute Gasteiger partial charge is 0.239 e. The summed E-state index contributed by atoms with van der Waals surface area (Å²) in [6, 6.07) is 10.7. The quantitative estimate of drug-likeness (QED) is 0.678. The number of carbonyl (C=O) groups is 1. The Morgan fingerprint density at radius 2 is 1.94 bits per heavy atom. The Morgan fingerprint density at radius 3 is 2.72 bits per heavy atom. The standard InChI is InChI=1S/C26H32N4O2/c1-18-5-6-23-22(16-18)24(20-7-9-27-10-8-20)25(28-23)21-4-3-11-30(17-21)26(31)19(2)29-12-14-32-15-13-29/h5-10,16,19,21,28H,3-4,11-15,17H2,1-2H3/t19-,21-/m0/s1. The molecule has 1 aromatic carbocycles. The maximum atomic E-state index is 13.4. The van der Waals surface area contributed by atoms with Gasteiger partial charge in [-0.2, -0.15) is 0 Å². The molecule has 2 aliphatic heterocycles. The third-order valence-electron chi connectivity index (χ3n) is 7.04. The molecule has 32 heavy (non-hydrogen) atoms. The van der Waals surface area contributed by atoms with Crippen LogP contribution in [-0.2, 0) is 9.53 Å². The van der Waals surface area contributed by atoms with Crippen molar-refractivity contribution < 1.29 is 9.53 Å². The fourth-order valence-corrected chi connectivity index (χ4v) is 5.26. The molecule has 0 saturated carbocycles. The highest BCUT2D eigenvalue weighted by molar-refractivity contribution is 5.98. The largest absolute Gasteiger partial charge is 0.379 e. The normalized spacial score (nSPS) is 21.1. The zero-order valence-electron chi connectivity index (χ0n) is 19.0. The Kier molecular flexibility index (Phi) is 5.98. The van der Waals surface area contributed by atoms with Crippen LogP contribution < -0.4 is 0 Å². The number of aromatic nitrogens is 2. The number of nitrogens with zero attached hydrogens (tertiary/aromatic N) is 3. The van der Waals surface area contributed by atoms with E-state index in [0.29, 0.717) is 19.1 Å². The van der Waals surface area contributed by atoms with Crippen molar-refractivity contribution >= 4 is 16.8 Å². The van der Waals surface area contributed by atoms with E-state index >= 15 is 0 Å². The number of nitrogens with one attached hydrogen (secondary N) is 1. The fourth-order valence-electron chi connectivity index (χ4n) is 5.26. The highest BCUT2D eigenvalue weighted by atomic mass is 16.5. The van der Waals surface area contributed by atoms with Gasteiger partial charge in [0.05, 0.1) is 19.3 Å². The summed E-state index contributed by atoms with van der Waals surface area (Å²) in [6.07, 6.45) is 5.82. The first kappa shape index (κ1) is 21.2. The highest BCUT2D eigenvalue weighted by Crippen LogP contribution is 2.39. The Hall–Kier alpha value is -2.70. The van der Waals surface area contributed by atoms with Gasteiger partial charge < -0.3 is 14.6 Å². The number of amides is 1. The number of benzene rings is 1. The molecular weight excluding hydrogens is 400 g/mol. The molecular formula is C26H32N4O2. The number of aromatic amines is 1. The minimum atomic E-state index is -0.0947. The van der Waals surface area contributed by atoms with Gasteiger partial charge in [-0.05, 0) is 56.5 Å². The lowest BCUT2D eigenvalue weighted by atomic mass is 9.89. The van der Waals surface area contributed by atoms with E-state index in [1.54, 1.807) is 0 Å². The van der Waals surface area contributed by atoms with Crippen LogP contribution in [0.25, 0.3) is 22.0 Å². The maximum Gasteiger partial charge on any atom is 0.239 e. The lowest BCUT2D eigenvalue weighted by molar-refractivity contribution is -0.139. The second-order valence-corrected chi connectivity index (χ2v) is 9.15. The molecule has 0 unspecified atom stereocenters. The molecule has 6 nitrogen and oxygen atoms in total. The molecule has 5 rings (SSSR count). The van der Waals surface area contributed by atoms with Crippen molar-refractivity contribution in [2.45, 2.75) is 38.6 Å². The Morgan fingerprint density at radius 1 is 1.16 bits per heavy atom. The number of rotatable bonds is 4. The van der Waals surface area contributed by atoms with Crippen LogP contribution in [0.15, 0.2) is 42.7 Å². The van der Waals surface area contributed by atoms with Gasteiger partial charge in [0, 0.05) is 66.7 Å². The van der Waals surface area contributed by atoms with Gasteiger partial charge >= 0.3 is 0 Å². The molecule has 4 heterocycles. The number of H-pyrrole nitrogens is 1. The van der Waals surface area contributed by atoms with Gasteiger partial charge in [-0.25, -0.2) is 0 Å². The summed E-state index contributed by atoms with van der Waals surface area (Å²) < 4.78 is 5.47. The van der Waals surface area contributed by atoms with E-state index in [9.17, 15) is 4.79 Å². The predicted molar refractivity (Wildman–Crippen MR) is 127 cm³/mol. The van der Waals surface area contributed by atoms with Gasteiger partial charge in [-0.15, -0.1) is 0 Å². The van der Waals surface area contributed by atoms with E-state index in [4.69, 9.17) is 4.74 Å². The van der Waals surface area contributed by atoms with Gasteiger partial charge in [-0.1, -0.05) is 11.6 Å². The molecule has 1 N–H and O–H groups in total. The van der Waals surface area contributed by atoms with Crippen LogP contribution in [0.1, 0.15) is 36.9 Å². The van der Waals surface area contributed by atoms with Gasteiger partial charge in [0.2, 0.25) is 5.91 Å². The maximum absolute atomic E-state index is 13.4. The van der Waals surface area contributed by atoms with E-state index in [2.05, 4.69) is 57.0 Å². The second kappa shape index (κ2) is 9.04. The molecule has 0 radical (unpaired) electrons. The van der Waals surface area contributed by atoms with E-state index < -0.39 is 0 Å². The Bertz CT molecular complexity index is 1090.